The second kappa shape index (κ2) is 11.0. The average Bonchev–Trinajstić information content (AvgIpc) is 3.54. The maximum Gasteiger partial charge on any atom is 0.241 e. The first-order chi connectivity index (χ1) is 18.3. The normalized spacial score (nSPS) is 13.4. The van der Waals surface area contributed by atoms with Crippen molar-refractivity contribution in [3.63, 3.8) is 0 Å². The summed E-state index contributed by atoms with van der Waals surface area (Å²) < 4.78 is 62.8. The van der Waals surface area contributed by atoms with Gasteiger partial charge < -0.3 is 13.7 Å². The zero-order valence-corrected chi connectivity index (χ0v) is 22.3. The first-order valence-corrected chi connectivity index (χ1v) is 14.7. The van der Waals surface area contributed by atoms with Crippen molar-refractivity contribution in [2.45, 2.75) is 17.5 Å². The zero-order chi connectivity index (χ0) is 26.7. The van der Waals surface area contributed by atoms with E-state index in [2.05, 4.69) is 24.9 Å². The Bertz CT molecular complexity index is 1710. The van der Waals surface area contributed by atoms with Crippen LogP contribution < -0.4 is 9.46 Å². The number of methoxy groups -OCH3 is 1. The molecule has 2 aromatic carbocycles. The van der Waals surface area contributed by atoms with E-state index in [9.17, 15) is 17.2 Å². The summed E-state index contributed by atoms with van der Waals surface area (Å²) in [7, 11) is -2.39. The van der Waals surface area contributed by atoms with Gasteiger partial charge in [0.25, 0.3) is 0 Å². The molecule has 1 N–H and O–H groups in total. The fraction of sp³-hybridized carbons (Fsp3) is 0.167. The van der Waals surface area contributed by atoms with Gasteiger partial charge in [-0.05, 0) is 34.9 Å². The van der Waals surface area contributed by atoms with Crippen molar-refractivity contribution in [3.05, 3.63) is 89.2 Å². The molecule has 38 heavy (non-hydrogen) atoms. The van der Waals surface area contributed by atoms with E-state index in [1.165, 1.54) is 11.3 Å². The quantitative estimate of drug-likeness (QED) is 0.247. The van der Waals surface area contributed by atoms with Gasteiger partial charge in [-0.3, -0.25) is 4.21 Å². The van der Waals surface area contributed by atoms with Gasteiger partial charge in [-0.2, -0.15) is 0 Å². The van der Waals surface area contributed by atoms with Gasteiger partial charge >= 0.3 is 0 Å². The first kappa shape index (κ1) is 26.1. The standard InChI is InChI=1S/C24H21N5O6S3/c1-34-20-12-17(9-10-25-20)16-7-8-18-19(11-16)36-24(27-18)22(23-29-28-21(35-23)13-26-37(30)31)38(32,33)14-15-5-3-2-4-6-15/h2-12,22,26H,13-14H2,1H3,(H,30,31)/p-1. The summed E-state index contributed by atoms with van der Waals surface area (Å²) in [5.41, 5.74) is 2.97. The Morgan fingerprint density at radius 3 is 2.66 bits per heavy atom. The lowest BCUT2D eigenvalue weighted by atomic mass is 10.1. The van der Waals surface area contributed by atoms with Gasteiger partial charge in [-0.15, -0.1) is 21.5 Å². The molecule has 0 bridgehead atoms. The van der Waals surface area contributed by atoms with Gasteiger partial charge in [0, 0.05) is 23.5 Å². The van der Waals surface area contributed by atoms with Gasteiger partial charge in [0.1, 0.15) is 5.01 Å². The maximum absolute atomic E-state index is 13.7. The molecule has 0 aliphatic rings. The van der Waals surface area contributed by atoms with Crippen molar-refractivity contribution >= 4 is 42.7 Å². The number of nitrogens with zero attached hydrogens (tertiary/aromatic N) is 4. The highest BCUT2D eigenvalue weighted by atomic mass is 32.2. The van der Waals surface area contributed by atoms with Crippen LogP contribution in [0.5, 0.6) is 5.88 Å². The number of benzene rings is 2. The van der Waals surface area contributed by atoms with E-state index in [0.717, 1.165) is 15.8 Å². The van der Waals surface area contributed by atoms with Crippen LogP contribution in [-0.4, -0.2) is 44.5 Å². The largest absolute Gasteiger partial charge is 0.760 e. The maximum atomic E-state index is 13.7. The smallest absolute Gasteiger partial charge is 0.241 e. The number of sulfone groups is 1. The van der Waals surface area contributed by atoms with E-state index < -0.39 is 26.4 Å². The molecule has 2 atom stereocenters. The molecule has 0 aliphatic heterocycles. The van der Waals surface area contributed by atoms with E-state index in [-0.39, 0.29) is 29.1 Å². The lowest BCUT2D eigenvalue weighted by molar-refractivity contribution is 0.398. The monoisotopic (exact) mass is 570 g/mol. The molecule has 14 heteroatoms. The molecule has 196 valence electrons. The molecular weight excluding hydrogens is 550 g/mol. The molecule has 0 radical (unpaired) electrons. The Hall–Kier alpha value is -3.56. The van der Waals surface area contributed by atoms with Crippen molar-refractivity contribution in [2.75, 3.05) is 7.11 Å². The van der Waals surface area contributed by atoms with Crippen LogP contribution in [0.2, 0.25) is 0 Å². The average molecular weight is 571 g/mol. The Morgan fingerprint density at radius 2 is 1.89 bits per heavy atom. The summed E-state index contributed by atoms with van der Waals surface area (Å²) in [6.45, 7) is -0.271. The van der Waals surface area contributed by atoms with E-state index in [1.807, 2.05) is 24.3 Å². The lowest BCUT2D eigenvalue weighted by Crippen LogP contribution is -2.17. The van der Waals surface area contributed by atoms with Crippen molar-refractivity contribution in [1.82, 2.24) is 24.9 Å². The fourth-order valence-corrected chi connectivity index (χ4v) is 7.20. The minimum Gasteiger partial charge on any atom is -0.760 e. The van der Waals surface area contributed by atoms with E-state index in [0.29, 0.717) is 17.0 Å². The molecule has 0 amide bonds. The third-order valence-electron chi connectivity index (χ3n) is 5.52. The Labute approximate surface area is 224 Å². The van der Waals surface area contributed by atoms with Crippen molar-refractivity contribution in [2.24, 2.45) is 0 Å². The number of hydrogen-bond acceptors (Lipinski definition) is 11. The number of fused-ring (bicyclic) bond motifs is 1. The van der Waals surface area contributed by atoms with Crippen LogP contribution in [0.15, 0.2) is 71.3 Å². The predicted octanol–water partition coefficient (Wildman–Crippen LogP) is 3.34. The van der Waals surface area contributed by atoms with Gasteiger partial charge in [0.15, 0.2) is 15.1 Å². The van der Waals surface area contributed by atoms with Crippen LogP contribution in [0.4, 0.5) is 0 Å². The molecule has 3 aromatic heterocycles. The molecule has 0 saturated heterocycles. The molecule has 0 spiro atoms. The van der Waals surface area contributed by atoms with Crippen LogP contribution >= 0.6 is 11.3 Å². The van der Waals surface area contributed by atoms with Gasteiger partial charge in [-0.1, -0.05) is 36.4 Å². The summed E-state index contributed by atoms with van der Waals surface area (Å²) in [6.07, 6.45) is 1.65. The number of aromatic nitrogens is 4. The summed E-state index contributed by atoms with van der Waals surface area (Å²) in [6, 6.07) is 18.0. The fourth-order valence-electron chi connectivity index (χ4n) is 3.80. The van der Waals surface area contributed by atoms with E-state index in [4.69, 9.17) is 9.15 Å². The number of thiazole rings is 1. The molecule has 2 unspecified atom stereocenters. The molecule has 5 aromatic rings. The highest BCUT2D eigenvalue weighted by molar-refractivity contribution is 7.91. The second-order valence-electron chi connectivity index (χ2n) is 8.08. The number of hydrogen-bond donors (Lipinski definition) is 1. The highest BCUT2D eigenvalue weighted by Crippen LogP contribution is 2.38. The van der Waals surface area contributed by atoms with Crippen LogP contribution in [-0.2, 0) is 33.4 Å². The number of pyridine rings is 1. The molecular formula is C24H20N5O6S3-. The van der Waals surface area contributed by atoms with Crippen LogP contribution in [0.3, 0.4) is 0 Å². The zero-order valence-electron chi connectivity index (χ0n) is 19.8. The Balaban J connectivity index is 1.56. The third-order valence-corrected chi connectivity index (χ3v) is 9.02. The lowest BCUT2D eigenvalue weighted by Gasteiger charge is -2.12. The summed E-state index contributed by atoms with van der Waals surface area (Å²) in [5.74, 6) is -0.0642. The van der Waals surface area contributed by atoms with Gasteiger partial charge in [0.05, 0.1) is 29.6 Å². The van der Waals surface area contributed by atoms with E-state index >= 15 is 0 Å². The topological polar surface area (TPSA) is 160 Å². The second-order valence-corrected chi connectivity index (χ2v) is 12.0. The van der Waals surface area contributed by atoms with E-state index in [1.54, 1.807) is 49.7 Å². The van der Waals surface area contributed by atoms with Crippen molar-refractivity contribution in [3.8, 4) is 17.0 Å². The molecule has 3 heterocycles. The SMILES string of the molecule is COc1cc(-c2ccc3nc(C(c4nnc(CNS(=O)[O-])o4)S(=O)(=O)Cc4ccccc4)sc3c2)ccn1. The number of nitrogens with one attached hydrogen (secondary N) is 1. The van der Waals surface area contributed by atoms with Crippen LogP contribution in [0, 0.1) is 0 Å². The Morgan fingerprint density at radius 1 is 1.11 bits per heavy atom. The third kappa shape index (κ3) is 5.79. The van der Waals surface area contributed by atoms with Crippen LogP contribution in [0.1, 0.15) is 27.6 Å². The molecule has 0 aliphatic carbocycles. The molecule has 11 nitrogen and oxygen atoms in total. The number of rotatable bonds is 10. The minimum absolute atomic E-state index is 0.0702. The van der Waals surface area contributed by atoms with Crippen LogP contribution in [0.25, 0.3) is 21.3 Å². The summed E-state index contributed by atoms with van der Waals surface area (Å²) >= 11 is -1.34. The van der Waals surface area contributed by atoms with Gasteiger partial charge in [-0.25, -0.2) is 23.1 Å². The van der Waals surface area contributed by atoms with Crippen molar-refractivity contribution < 1.29 is 26.3 Å². The highest BCUT2D eigenvalue weighted by Gasteiger charge is 2.37. The van der Waals surface area contributed by atoms with Crippen molar-refractivity contribution in [1.29, 1.82) is 0 Å². The molecule has 0 fully saturated rings. The Kier molecular flexibility index (Phi) is 7.58. The molecule has 0 saturated carbocycles. The van der Waals surface area contributed by atoms with Gasteiger partial charge in [0.2, 0.25) is 17.7 Å². The summed E-state index contributed by atoms with van der Waals surface area (Å²) in [4.78, 5) is 8.74. The summed E-state index contributed by atoms with van der Waals surface area (Å²) in [5, 5.41) is 6.68. The minimum atomic E-state index is -3.93. The number of ether oxygens (including phenoxy) is 1. The molecule has 5 rings (SSSR count). The first-order valence-electron chi connectivity index (χ1n) is 11.1. The predicted molar refractivity (Wildman–Crippen MR) is 140 cm³/mol.